The molecule has 4 unspecified atom stereocenters. The van der Waals surface area contributed by atoms with Crippen LogP contribution in [0, 0.1) is 5.92 Å². The summed E-state index contributed by atoms with van der Waals surface area (Å²) in [6.45, 7) is 0. The first kappa shape index (κ1) is 11.5. The molecule has 0 amide bonds. The predicted octanol–water partition coefficient (Wildman–Crippen LogP) is 3.33. The molecule has 92 valence electrons. The fourth-order valence-electron chi connectivity index (χ4n) is 3.31. The molecular weight excluding hydrogens is 236 g/mol. The minimum atomic E-state index is -0.665. The lowest BCUT2D eigenvalue weighted by molar-refractivity contribution is -0.101. The summed E-state index contributed by atoms with van der Waals surface area (Å²) < 4.78 is 5.68. The van der Waals surface area contributed by atoms with E-state index in [9.17, 15) is 5.11 Å². The lowest BCUT2D eigenvalue weighted by Gasteiger charge is -2.27. The molecule has 0 radical (unpaired) electrons. The lowest BCUT2D eigenvalue weighted by atomic mass is 9.77. The fourth-order valence-corrected chi connectivity index (χ4v) is 3.50. The molecule has 1 aromatic rings. The molecule has 1 N–H and O–H groups in total. The summed E-state index contributed by atoms with van der Waals surface area (Å²) in [5.41, 5.74) is 1.11. The van der Waals surface area contributed by atoms with Crippen molar-refractivity contribution in [3.63, 3.8) is 0 Å². The number of halogens is 1. The van der Waals surface area contributed by atoms with Crippen molar-refractivity contribution in [1.29, 1.82) is 0 Å². The molecule has 2 nitrogen and oxygen atoms in total. The highest BCUT2D eigenvalue weighted by atomic mass is 35.5. The van der Waals surface area contributed by atoms with Crippen molar-refractivity contribution in [2.45, 2.75) is 44.0 Å². The Morgan fingerprint density at radius 3 is 2.88 bits per heavy atom. The van der Waals surface area contributed by atoms with Crippen LogP contribution in [0.15, 0.2) is 24.3 Å². The van der Waals surface area contributed by atoms with Gasteiger partial charge in [0.15, 0.2) is 6.29 Å². The normalized spacial score (nSPS) is 36.8. The molecule has 0 spiro atoms. The molecular formula is C14H17ClO2. The van der Waals surface area contributed by atoms with Gasteiger partial charge in [-0.2, -0.15) is 0 Å². The van der Waals surface area contributed by atoms with Gasteiger partial charge in [0, 0.05) is 10.9 Å². The van der Waals surface area contributed by atoms with Crippen LogP contribution in [0.2, 0.25) is 5.02 Å². The average molecular weight is 253 g/mol. The summed E-state index contributed by atoms with van der Waals surface area (Å²) in [7, 11) is 0. The third-order valence-corrected chi connectivity index (χ3v) is 4.31. The maximum atomic E-state index is 10.1. The minimum Gasteiger partial charge on any atom is -0.367 e. The Hall–Kier alpha value is -0.570. The van der Waals surface area contributed by atoms with Crippen molar-refractivity contribution in [2.24, 2.45) is 5.92 Å². The molecule has 0 aromatic heterocycles. The molecule has 1 aliphatic heterocycles. The van der Waals surface area contributed by atoms with Crippen molar-refractivity contribution in [1.82, 2.24) is 0 Å². The molecule has 1 aliphatic carbocycles. The van der Waals surface area contributed by atoms with E-state index in [0.717, 1.165) is 23.4 Å². The minimum absolute atomic E-state index is 0.0963. The molecule has 3 rings (SSSR count). The van der Waals surface area contributed by atoms with Gasteiger partial charge >= 0.3 is 0 Å². The van der Waals surface area contributed by atoms with Gasteiger partial charge in [0.2, 0.25) is 0 Å². The first-order chi connectivity index (χ1) is 8.25. The molecule has 4 atom stereocenters. The van der Waals surface area contributed by atoms with Crippen molar-refractivity contribution >= 4 is 11.6 Å². The van der Waals surface area contributed by atoms with E-state index in [-0.39, 0.29) is 12.0 Å². The Labute approximate surface area is 107 Å². The highest BCUT2D eigenvalue weighted by Crippen LogP contribution is 2.46. The summed E-state index contributed by atoms with van der Waals surface area (Å²) >= 11 is 6.02. The third-order valence-electron chi connectivity index (χ3n) is 4.07. The Morgan fingerprint density at radius 1 is 1.24 bits per heavy atom. The van der Waals surface area contributed by atoms with Gasteiger partial charge in [-0.15, -0.1) is 0 Å². The van der Waals surface area contributed by atoms with Crippen LogP contribution < -0.4 is 0 Å². The molecule has 3 heteroatoms. The van der Waals surface area contributed by atoms with Crippen molar-refractivity contribution in [3.05, 3.63) is 34.9 Å². The van der Waals surface area contributed by atoms with Crippen LogP contribution >= 0.6 is 11.6 Å². The molecule has 1 saturated heterocycles. The van der Waals surface area contributed by atoms with Gasteiger partial charge in [-0.3, -0.25) is 0 Å². The van der Waals surface area contributed by atoms with Gasteiger partial charge in [0.05, 0.1) is 6.10 Å². The molecule has 1 saturated carbocycles. The maximum absolute atomic E-state index is 10.1. The second-order valence-corrected chi connectivity index (χ2v) is 5.53. The summed E-state index contributed by atoms with van der Waals surface area (Å²) in [6.07, 6.45) is 4.27. The van der Waals surface area contributed by atoms with Crippen molar-refractivity contribution in [3.8, 4) is 0 Å². The number of hydrogen-bond donors (Lipinski definition) is 1. The van der Waals surface area contributed by atoms with E-state index in [4.69, 9.17) is 16.3 Å². The van der Waals surface area contributed by atoms with Crippen LogP contribution in [0.5, 0.6) is 0 Å². The van der Waals surface area contributed by atoms with E-state index in [1.54, 1.807) is 0 Å². The highest BCUT2D eigenvalue weighted by molar-refractivity contribution is 6.30. The van der Waals surface area contributed by atoms with E-state index in [1.807, 2.05) is 24.3 Å². The number of hydrogen-bond acceptors (Lipinski definition) is 2. The summed E-state index contributed by atoms with van der Waals surface area (Å²) in [5.74, 6) is 0.552. The van der Waals surface area contributed by atoms with Crippen LogP contribution in [-0.4, -0.2) is 17.5 Å². The van der Waals surface area contributed by atoms with E-state index in [2.05, 4.69) is 0 Å². The van der Waals surface area contributed by atoms with Crippen LogP contribution in [-0.2, 0) is 4.74 Å². The van der Waals surface area contributed by atoms with Crippen LogP contribution in [0.25, 0.3) is 0 Å². The number of aliphatic hydroxyl groups is 1. The SMILES string of the molecule is OC1OC2CCCCC2C1c1cccc(Cl)c1. The topological polar surface area (TPSA) is 29.5 Å². The zero-order valence-corrected chi connectivity index (χ0v) is 10.4. The lowest BCUT2D eigenvalue weighted by Crippen LogP contribution is -2.23. The number of fused-ring (bicyclic) bond motifs is 1. The monoisotopic (exact) mass is 252 g/mol. The quantitative estimate of drug-likeness (QED) is 0.831. The second-order valence-electron chi connectivity index (χ2n) is 5.09. The van der Waals surface area contributed by atoms with Crippen LogP contribution in [0.1, 0.15) is 37.2 Å². The van der Waals surface area contributed by atoms with Crippen LogP contribution in [0.4, 0.5) is 0 Å². The average Bonchev–Trinajstić information content (AvgIpc) is 2.64. The molecule has 1 heterocycles. The molecule has 2 aliphatic rings. The van der Waals surface area contributed by atoms with Crippen LogP contribution in [0.3, 0.4) is 0 Å². The first-order valence-electron chi connectivity index (χ1n) is 6.35. The van der Waals surface area contributed by atoms with Crippen molar-refractivity contribution < 1.29 is 9.84 Å². The molecule has 2 fully saturated rings. The van der Waals surface area contributed by atoms with E-state index >= 15 is 0 Å². The standard InChI is InChI=1S/C14H17ClO2/c15-10-5-3-4-9(8-10)13-11-6-1-2-7-12(11)17-14(13)16/h3-5,8,11-14,16H,1-2,6-7H2. The Kier molecular flexibility index (Phi) is 3.12. The van der Waals surface area contributed by atoms with Gasteiger partial charge in [-0.05, 0) is 36.5 Å². The maximum Gasteiger partial charge on any atom is 0.162 e. The number of aliphatic hydroxyl groups excluding tert-OH is 1. The van der Waals surface area contributed by atoms with Gasteiger partial charge < -0.3 is 9.84 Å². The Bertz CT molecular complexity index is 407. The van der Waals surface area contributed by atoms with Gasteiger partial charge in [0.25, 0.3) is 0 Å². The summed E-state index contributed by atoms with van der Waals surface area (Å²) in [4.78, 5) is 0. The van der Waals surface area contributed by atoms with E-state index in [0.29, 0.717) is 5.92 Å². The van der Waals surface area contributed by atoms with E-state index < -0.39 is 6.29 Å². The fraction of sp³-hybridized carbons (Fsp3) is 0.571. The summed E-state index contributed by atoms with van der Waals surface area (Å²) in [5, 5.41) is 10.8. The second kappa shape index (κ2) is 4.60. The predicted molar refractivity (Wildman–Crippen MR) is 67.0 cm³/mol. The number of rotatable bonds is 1. The third kappa shape index (κ3) is 2.10. The van der Waals surface area contributed by atoms with E-state index in [1.165, 1.54) is 12.8 Å². The van der Waals surface area contributed by atoms with Gasteiger partial charge in [-0.25, -0.2) is 0 Å². The Morgan fingerprint density at radius 2 is 2.06 bits per heavy atom. The number of ether oxygens (including phenoxy) is 1. The first-order valence-corrected chi connectivity index (χ1v) is 6.72. The zero-order valence-electron chi connectivity index (χ0n) is 9.68. The smallest absolute Gasteiger partial charge is 0.162 e. The number of benzene rings is 1. The van der Waals surface area contributed by atoms with Gasteiger partial charge in [-0.1, -0.05) is 36.6 Å². The largest absolute Gasteiger partial charge is 0.367 e. The molecule has 1 aromatic carbocycles. The summed E-state index contributed by atoms with van der Waals surface area (Å²) in [6, 6.07) is 7.81. The highest BCUT2D eigenvalue weighted by Gasteiger charge is 2.45. The van der Waals surface area contributed by atoms with Gasteiger partial charge in [0.1, 0.15) is 0 Å². The van der Waals surface area contributed by atoms with Crippen molar-refractivity contribution in [2.75, 3.05) is 0 Å². The Balaban J connectivity index is 1.90. The molecule has 0 bridgehead atoms. The molecule has 17 heavy (non-hydrogen) atoms. The zero-order chi connectivity index (χ0) is 11.8.